The molecule has 12 rings (SSSR count). The monoisotopic (exact) mass is 879 g/mol. The lowest BCUT2D eigenvalue weighted by Gasteiger charge is -2.50. The van der Waals surface area contributed by atoms with Crippen LogP contribution in [0.3, 0.4) is 0 Å². The molecule has 0 spiro atoms. The van der Waals surface area contributed by atoms with E-state index in [1.54, 1.807) is 5.56 Å². The summed E-state index contributed by atoms with van der Waals surface area (Å²) in [5.74, 6) is 2.20. The average Bonchev–Trinajstić information content (AvgIpc) is 3.72. The highest BCUT2D eigenvalue weighted by atomic mass is 16.4. The third kappa shape index (κ3) is 6.23. The number of furan rings is 1. The van der Waals surface area contributed by atoms with Crippen LogP contribution >= 0.6 is 0 Å². The van der Waals surface area contributed by atoms with Gasteiger partial charge in [-0.25, -0.2) is 0 Å². The second-order valence-electron chi connectivity index (χ2n) is 25.1. The lowest BCUT2D eigenvalue weighted by Crippen LogP contribution is -2.62. The Balaban J connectivity index is 1.27. The van der Waals surface area contributed by atoms with Crippen LogP contribution < -0.4 is 26.2 Å². The van der Waals surface area contributed by atoms with Crippen LogP contribution in [-0.4, -0.2) is 6.71 Å². The van der Waals surface area contributed by atoms with E-state index in [-0.39, 0.29) is 39.2 Å². The minimum Gasteiger partial charge on any atom is -0.444 e. The maximum Gasteiger partial charge on any atom is 0.256 e. The highest BCUT2D eigenvalue weighted by molar-refractivity contribution is 7.00. The van der Waals surface area contributed by atoms with Gasteiger partial charge in [0, 0.05) is 33.7 Å². The third-order valence-electron chi connectivity index (χ3n) is 17.3. The van der Waals surface area contributed by atoms with Crippen molar-refractivity contribution in [3.63, 3.8) is 0 Å². The summed E-state index contributed by atoms with van der Waals surface area (Å²) in [7, 11) is 0. The van der Waals surface area contributed by atoms with Crippen LogP contribution in [0.4, 0.5) is 34.3 Å². The molecule has 3 nitrogen and oxygen atoms in total. The summed E-state index contributed by atoms with van der Waals surface area (Å²) in [4.78, 5) is 5.24. The number of anilines is 6. The predicted octanol–water partition coefficient (Wildman–Crippen LogP) is 15.4. The molecule has 2 unspecified atom stereocenters. The topological polar surface area (TPSA) is 19.6 Å². The molecule has 3 aliphatic heterocycles. The summed E-state index contributed by atoms with van der Waals surface area (Å²) in [6.45, 7) is 29.1. The zero-order valence-electron chi connectivity index (χ0n) is 42.0. The zero-order chi connectivity index (χ0) is 46.8. The number of hydrogen-bond acceptors (Lipinski definition) is 3. The molecule has 2 bridgehead atoms. The Hall–Kier alpha value is -5.74. The van der Waals surface area contributed by atoms with Gasteiger partial charge in [-0.2, -0.15) is 0 Å². The Morgan fingerprint density at radius 3 is 1.75 bits per heavy atom. The van der Waals surface area contributed by atoms with Crippen LogP contribution in [0.2, 0.25) is 0 Å². The minimum absolute atomic E-state index is 0.00215. The molecule has 0 fully saturated rings. The Morgan fingerprint density at radius 2 is 1.09 bits per heavy atom. The van der Waals surface area contributed by atoms with E-state index in [4.69, 9.17) is 4.42 Å². The van der Waals surface area contributed by atoms with Gasteiger partial charge in [0.2, 0.25) is 0 Å². The number of hydrogen-bond donors (Lipinski definition) is 0. The Kier molecular flexibility index (Phi) is 8.86. The van der Waals surface area contributed by atoms with Crippen molar-refractivity contribution in [3.8, 4) is 22.3 Å². The van der Waals surface area contributed by atoms with E-state index in [1.807, 2.05) is 0 Å². The summed E-state index contributed by atoms with van der Waals surface area (Å²) < 4.78 is 7.76. The lowest BCUT2D eigenvalue weighted by atomic mass is 9.32. The smallest absolute Gasteiger partial charge is 0.256 e. The molecule has 7 aromatic rings. The zero-order valence-corrected chi connectivity index (χ0v) is 42.0. The maximum atomic E-state index is 7.76. The Morgan fingerprint density at radius 1 is 0.493 bits per heavy atom. The molecule has 1 aromatic heterocycles. The summed E-state index contributed by atoms with van der Waals surface area (Å²) in [5, 5.41) is 0. The van der Waals surface area contributed by atoms with Crippen molar-refractivity contribution in [3.05, 3.63) is 161 Å². The Labute approximate surface area is 400 Å². The van der Waals surface area contributed by atoms with E-state index >= 15 is 0 Å². The van der Waals surface area contributed by atoms with Gasteiger partial charge in [0.25, 0.3) is 6.71 Å². The molecule has 0 amide bonds. The SMILES string of the molecule is CC(C)(C)c1ccc(N2c3cc(-c4ccccc4)cc4c3B3c5cc6c(cc5N4c4ccc(C(C)(C)C)cc4-c4ccccc4)C(C)(C)CCC6(C)CC4(C)CCC(C)(C)c5oc2c3c54)cc1. The molecular formula is C63H67BN2O. The molecule has 4 heterocycles. The van der Waals surface area contributed by atoms with Crippen molar-refractivity contribution in [2.75, 3.05) is 9.80 Å². The highest BCUT2D eigenvalue weighted by Crippen LogP contribution is 2.60. The number of benzene rings is 6. The molecule has 5 aliphatic rings. The first-order valence-corrected chi connectivity index (χ1v) is 25.2. The van der Waals surface area contributed by atoms with Crippen LogP contribution in [-0.2, 0) is 32.5 Å². The van der Waals surface area contributed by atoms with E-state index in [9.17, 15) is 0 Å². The van der Waals surface area contributed by atoms with Crippen LogP contribution in [0.25, 0.3) is 22.3 Å². The fourth-order valence-corrected chi connectivity index (χ4v) is 13.4. The molecule has 2 aliphatic carbocycles. The quantitative estimate of drug-likeness (QED) is 0.164. The number of nitrogens with zero attached hydrogens (tertiary/aromatic N) is 2. The van der Waals surface area contributed by atoms with Gasteiger partial charge in [-0.15, -0.1) is 0 Å². The van der Waals surface area contributed by atoms with Crippen LogP contribution in [0.15, 0.2) is 132 Å². The summed E-state index contributed by atoms with van der Waals surface area (Å²) in [5.41, 5.74) is 22.2. The molecule has 2 atom stereocenters. The number of rotatable bonds is 4. The first kappa shape index (κ1) is 42.6. The predicted molar refractivity (Wildman–Crippen MR) is 285 cm³/mol. The van der Waals surface area contributed by atoms with Crippen LogP contribution in [0, 0.1) is 0 Å². The van der Waals surface area contributed by atoms with Crippen molar-refractivity contribution in [2.45, 2.75) is 148 Å². The van der Waals surface area contributed by atoms with E-state index in [0.29, 0.717) is 0 Å². The molecule has 0 N–H and O–H groups in total. The summed E-state index contributed by atoms with van der Waals surface area (Å²) >= 11 is 0. The summed E-state index contributed by atoms with van der Waals surface area (Å²) in [6, 6.07) is 49.4. The van der Waals surface area contributed by atoms with Gasteiger partial charge in [0.1, 0.15) is 5.76 Å². The van der Waals surface area contributed by atoms with Crippen molar-refractivity contribution in [1.29, 1.82) is 0 Å². The van der Waals surface area contributed by atoms with Gasteiger partial charge in [0.15, 0.2) is 5.88 Å². The molecule has 338 valence electrons. The molecular weight excluding hydrogens is 812 g/mol. The summed E-state index contributed by atoms with van der Waals surface area (Å²) in [6.07, 6.45) is 5.68. The lowest BCUT2D eigenvalue weighted by molar-refractivity contribution is 0.197. The normalized spacial score (nSPS) is 21.7. The van der Waals surface area contributed by atoms with Crippen molar-refractivity contribution >= 4 is 57.4 Å². The molecule has 0 saturated heterocycles. The molecule has 0 saturated carbocycles. The van der Waals surface area contributed by atoms with Crippen molar-refractivity contribution in [2.24, 2.45) is 0 Å². The first-order valence-electron chi connectivity index (χ1n) is 25.2. The van der Waals surface area contributed by atoms with Gasteiger partial charge in [-0.3, -0.25) is 4.90 Å². The van der Waals surface area contributed by atoms with Gasteiger partial charge in [-0.05, 0) is 163 Å². The Bertz CT molecular complexity index is 3160. The largest absolute Gasteiger partial charge is 0.444 e. The second kappa shape index (κ2) is 13.9. The van der Waals surface area contributed by atoms with Gasteiger partial charge in [0.05, 0.1) is 5.69 Å². The van der Waals surface area contributed by atoms with Gasteiger partial charge >= 0.3 is 0 Å². The average molecular weight is 879 g/mol. The third-order valence-corrected chi connectivity index (χ3v) is 17.3. The molecule has 0 radical (unpaired) electrons. The first-order chi connectivity index (χ1) is 31.7. The molecule has 4 heteroatoms. The fraction of sp³-hybridized carbons (Fsp3) is 0.365. The minimum atomic E-state index is -0.117. The maximum absolute atomic E-state index is 7.76. The van der Waals surface area contributed by atoms with Crippen LogP contribution in [0.5, 0.6) is 0 Å². The van der Waals surface area contributed by atoms with Crippen molar-refractivity contribution < 1.29 is 4.42 Å². The molecule has 6 aromatic carbocycles. The second-order valence-corrected chi connectivity index (χ2v) is 25.1. The highest BCUT2D eigenvalue weighted by Gasteiger charge is 2.57. The standard InChI is InChI=1S/C63H67BN2O/c1-58(2,3)42-23-26-44(27-24-42)65-51-33-41(39-19-15-13-16-20-39)34-52-54(51)64-48-36-47-46(37-50(48)66(52)49-28-25-43(59(4,5)6)35-45(49)40-21-17-14-18-22-40)60(7,8)29-31-62(47,11)38-63(12)32-30-61(9,10)56-53(63)55(64)57(65)67-56/h13-28,33-37H,29-32,38H2,1-12H3. The fourth-order valence-electron chi connectivity index (χ4n) is 13.4. The van der Waals surface area contributed by atoms with Gasteiger partial charge < -0.3 is 9.32 Å². The van der Waals surface area contributed by atoms with Crippen LogP contribution in [0.1, 0.15) is 149 Å². The van der Waals surface area contributed by atoms with Crippen molar-refractivity contribution in [1.82, 2.24) is 0 Å². The van der Waals surface area contributed by atoms with E-state index in [2.05, 4.69) is 220 Å². The molecule has 67 heavy (non-hydrogen) atoms. The van der Waals surface area contributed by atoms with E-state index in [1.165, 1.54) is 95.8 Å². The van der Waals surface area contributed by atoms with E-state index < -0.39 is 0 Å². The van der Waals surface area contributed by atoms with E-state index in [0.717, 1.165) is 37.3 Å². The van der Waals surface area contributed by atoms with Gasteiger partial charge in [-0.1, -0.05) is 168 Å².